The average molecular weight is 178 g/mol. The van der Waals surface area contributed by atoms with Crippen LogP contribution in [0.1, 0.15) is 41.4 Å². The average Bonchev–Trinajstić information content (AvgIpc) is 2.01. The molecule has 1 N–H and O–H groups in total. The maximum absolute atomic E-state index is 10.6. The SMILES string of the molecule is O=C(O)c1cncc(C2CCC2)n1. The van der Waals surface area contributed by atoms with Crippen LogP contribution in [0.2, 0.25) is 0 Å². The normalized spacial score (nSPS) is 16.6. The van der Waals surface area contributed by atoms with Crippen LogP contribution in [0.15, 0.2) is 12.4 Å². The third-order valence-electron chi connectivity index (χ3n) is 2.40. The number of nitrogens with zero attached hydrogens (tertiary/aromatic N) is 2. The first-order valence-electron chi connectivity index (χ1n) is 4.32. The number of hydrogen-bond acceptors (Lipinski definition) is 3. The van der Waals surface area contributed by atoms with Crippen molar-refractivity contribution < 1.29 is 9.90 Å². The molecule has 0 unspecified atom stereocenters. The molecule has 0 radical (unpaired) electrons. The van der Waals surface area contributed by atoms with Crippen molar-refractivity contribution in [2.24, 2.45) is 0 Å². The van der Waals surface area contributed by atoms with Gasteiger partial charge in [-0.2, -0.15) is 0 Å². The number of carboxylic acid groups (broad SMARTS) is 1. The van der Waals surface area contributed by atoms with E-state index in [1.54, 1.807) is 6.20 Å². The second-order valence-electron chi connectivity index (χ2n) is 3.26. The Morgan fingerprint density at radius 3 is 2.77 bits per heavy atom. The van der Waals surface area contributed by atoms with E-state index in [9.17, 15) is 4.79 Å². The third-order valence-corrected chi connectivity index (χ3v) is 2.40. The van der Waals surface area contributed by atoms with Crippen molar-refractivity contribution in [3.8, 4) is 0 Å². The van der Waals surface area contributed by atoms with Gasteiger partial charge in [-0.05, 0) is 12.8 Å². The molecule has 1 fully saturated rings. The number of aromatic carboxylic acids is 1. The molecule has 0 aliphatic heterocycles. The lowest BCUT2D eigenvalue weighted by Gasteiger charge is -2.24. The van der Waals surface area contributed by atoms with E-state index in [0.29, 0.717) is 5.92 Å². The maximum Gasteiger partial charge on any atom is 0.356 e. The largest absolute Gasteiger partial charge is 0.476 e. The van der Waals surface area contributed by atoms with Crippen molar-refractivity contribution >= 4 is 5.97 Å². The molecule has 0 aromatic carbocycles. The molecule has 1 heterocycles. The molecule has 2 rings (SSSR count). The molecule has 1 aromatic rings. The van der Waals surface area contributed by atoms with Gasteiger partial charge in [0.05, 0.1) is 11.9 Å². The molecule has 4 nitrogen and oxygen atoms in total. The molecule has 13 heavy (non-hydrogen) atoms. The first kappa shape index (κ1) is 8.16. The number of aromatic nitrogens is 2. The molecule has 0 saturated heterocycles. The van der Waals surface area contributed by atoms with Crippen LogP contribution in [0.5, 0.6) is 0 Å². The molecule has 1 aliphatic rings. The fraction of sp³-hybridized carbons (Fsp3) is 0.444. The minimum absolute atomic E-state index is 0.0457. The molecule has 4 heteroatoms. The second kappa shape index (κ2) is 3.12. The van der Waals surface area contributed by atoms with E-state index in [1.165, 1.54) is 12.6 Å². The zero-order chi connectivity index (χ0) is 9.26. The van der Waals surface area contributed by atoms with E-state index in [1.807, 2.05) is 0 Å². The highest BCUT2D eigenvalue weighted by Crippen LogP contribution is 2.34. The Morgan fingerprint density at radius 2 is 2.23 bits per heavy atom. The summed E-state index contributed by atoms with van der Waals surface area (Å²) >= 11 is 0. The van der Waals surface area contributed by atoms with Gasteiger partial charge in [0.25, 0.3) is 0 Å². The van der Waals surface area contributed by atoms with Crippen molar-refractivity contribution in [3.63, 3.8) is 0 Å². The molecule has 68 valence electrons. The van der Waals surface area contributed by atoms with Gasteiger partial charge < -0.3 is 5.11 Å². The molecule has 0 spiro atoms. The molecule has 1 saturated carbocycles. The van der Waals surface area contributed by atoms with Crippen LogP contribution >= 0.6 is 0 Å². The minimum atomic E-state index is -1.01. The summed E-state index contributed by atoms with van der Waals surface area (Å²) in [5.41, 5.74) is 0.871. The van der Waals surface area contributed by atoms with Crippen LogP contribution in [0.25, 0.3) is 0 Å². The summed E-state index contributed by atoms with van der Waals surface area (Å²) in [4.78, 5) is 18.5. The van der Waals surface area contributed by atoms with Crippen LogP contribution in [-0.2, 0) is 0 Å². The van der Waals surface area contributed by atoms with Gasteiger partial charge in [0.1, 0.15) is 0 Å². The van der Waals surface area contributed by atoms with Gasteiger partial charge in [0.2, 0.25) is 0 Å². The summed E-state index contributed by atoms with van der Waals surface area (Å²) in [7, 11) is 0. The Hall–Kier alpha value is -1.45. The monoisotopic (exact) mass is 178 g/mol. The zero-order valence-corrected chi connectivity index (χ0v) is 7.10. The van der Waals surface area contributed by atoms with E-state index in [4.69, 9.17) is 5.11 Å². The van der Waals surface area contributed by atoms with E-state index < -0.39 is 5.97 Å². The molecular formula is C9H10N2O2. The van der Waals surface area contributed by atoms with Crippen LogP contribution in [0, 0.1) is 0 Å². The van der Waals surface area contributed by atoms with Gasteiger partial charge in [-0.3, -0.25) is 4.98 Å². The summed E-state index contributed by atoms with van der Waals surface area (Å²) in [6, 6.07) is 0. The second-order valence-corrected chi connectivity index (χ2v) is 3.26. The number of rotatable bonds is 2. The topological polar surface area (TPSA) is 63.1 Å². The summed E-state index contributed by atoms with van der Waals surface area (Å²) in [6.07, 6.45) is 6.37. The van der Waals surface area contributed by atoms with Gasteiger partial charge in [0.15, 0.2) is 5.69 Å². The van der Waals surface area contributed by atoms with Crippen molar-refractivity contribution in [1.82, 2.24) is 9.97 Å². The first-order valence-corrected chi connectivity index (χ1v) is 4.32. The Bertz CT molecular complexity index is 334. The molecule has 1 aromatic heterocycles. The van der Waals surface area contributed by atoms with Crippen molar-refractivity contribution in [1.29, 1.82) is 0 Å². The summed E-state index contributed by atoms with van der Waals surface area (Å²) < 4.78 is 0. The summed E-state index contributed by atoms with van der Waals surface area (Å²) in [5.74, 6) is -0.569. The van der Waals surface area contributed by atoms with Gasteiger partial charge in [-0.1, -0.05) is 6.42 Å². The predicted molar refractivity (Wildman–Crippen MR) is 45.6 cm³/mol. The Kier molecular flexibility index (Phi) is 1.96. The summed E-state index contributed by atoms with van der Waals surface area (Å²) in [5, 5.41) is 8.68. The number of carboxylic acids is 1. The summed E-state index contributed by atoms with van der Waals surface area (Å²) in [6.45, 7) is 0. The standard InChI is InChI=1S/C9H10N2O2/c12-9(13)8-5-10-4-7(11-8)6-2-1-3-6/h4-6H,1-3H2,(H,12,13). The van der Waals surface area contributed by atoms with Crippen LogP contribution in [0.3, 0.4) is 0 Å². The predicted octanol–water partition coefficient (Wildman–Crippen LogP) is 1.44. The number of hydrogen-bond donors (Lipinski definition) is 1. The van der Waals surface area contributed by atoms with Gasteiger partial charge in [-0.15, -0.1) is 0 Å². The molecular weight excluding hydrogens is 168 g/mol. The molecule has 1 aliphatic carbocycles. The highest BCUT2D eigenvalue weighted by molar-refractivity contribution is 5.84. The number of carbonyl (C=O) groups is 1. The highest BCUT2D eigenvalue weighted by Gasteiger charge is 2.21. The minimum Gasteiger partial charge on any atom is -0.476 e. The fourth-order valence-electron chi connectivity index (χ4n) is 1.38. The first-order chi connectivity index (χ1) is 6.27. The highest BCUT2D eigenvalue weighted by atomic mass is 16.4. The lowest BCUT2D eigenvalue weighted by molar-refractivity contribution is 0.0689. The van der Waals surface area contributed by atoms with Crippen molar-refractivity contribution in [3.05, 3.63) is 23.8 Å². The lowest BCUT2D eigenvalue weighted by Crippen LogP contribution is -2.13. The van der Waals surface area contributed by atoms with E-state index in [-0.39, 0.29) is 5.69 Å². The van der Waals surface area contributed by atoms with Crippen LogP contribution in [0.4, 0.5) is 0 Å². The Balaban J connectivity index is 2.26. The van der Waals surface area contributed by atoms with E-state index in [2.05, 4.69) is 9.97 Å². The van der Waals surface area contributed by atoms with Crippen LogP contribution < -0.4 is 0 Å². The van der Waals surface area contributed by atoms with Gasteiger partial charge in [-0.25, -0.2) is 9.78 Å². The fourth-order valence-corrected chi connectivity index (χ4v) is 1.38. The molecule has 0 amide bonds. The lowest BCUT2D eigenvalue weighted by atomic mass is 9.83. The van der Waals surface area contributed by atoms with Gasteiger partial charge >= 0.3 is 5.97 Å². The maximum atomic E-state index is 10.6. The quantitative estimate of drug-likeness (QED) is 0.744. The zero-order valence-electron chi connectivity index (χ0n) is 7.10. The molecule has 0 atom stereocenters. The van der Waals surface area contributed by atoms with Gasteiger partial charge in [0, 0.05) is 12.1 Å². The van der Waals surface area contributed by atoms with Crippen LogP contribution in [-0.4, -0.2) is 21.0 Å². The van der Waals surface area contributed by atoms with Crippen molar-refractivity contribution in [2.75, 3.05) is 0 Å². The molecule has 0 bridgehead atoms. The van der Waals surface area contributed by atoms with E-state index in [0.717, 1.165) is 18.5 Å². The third kappa shape index (κ3) is 1.52. The van der Waals surface area contributed by atoms with E-state index >= 15 is 0 Å². The smallest absolute Gasteiger partial charge is 0.356 e. The van der Waals surface area contributed by atoms with Crippen molar-refractivity contribution in [2.45, 2.75) is 25.2 Å². The Labute approximate surface area is 75.6 Å². The Morgan fingerprint density at radius 1 is 1.46 bits per heavy atom.